The average molecular weight is 374 g/mol. The number of thiophene rings is 1. The molecule has 1 amide bonds. The van der Waals surface area contributed by atoms with Crippen LogP contribution in [0.5, 0.6) is 0 Å². The van der Waals surface area contributed by atoms with Crippen LogP contribution in [0.3, 0.4) is 0 Å². The topological polar surface area (TPSA) is 77.5 Å². The normalized spacial score (nSPS) is 19.9. The standard InChI is InChI=1S/C19H22N2O4S/c1-13(22)18-8-14(12-26-18)9-19(23)21-16-5-7-24-11-17(16)25-10-15-4-2-3-6-20-15/h2-4,6,8,12,16-17H,5,7,9-11H2,1H3,(H,21,23)/t16-,17-/m1/s1. The summed E-state index contributed by atoms with van der Waals surface area (Å²) in [6, 6.07) is 7.37. The zero-order valence-electron chi connectivity index (χ0n) is 14.6. The molecule has 1 saturated heterocycles. The fourth-order valence-corrected chi connectivity index (χ4v) is 3.63. The number of amides is 1. The van der Waals surface area contributed by atoms with Gasteiger partial charge in [0.15, 0.2) is 5.78 Å². The molecule has 0 aliphatic carbocycles. The smallest absolute Gasteiger partial charge is 0.224 e. The number of ether oxygens (including phenoxy) is 2. The van der Waals surface area contributed by atoms with Crippen molar-refractivity contribution in [3.05, 3.63) is 52.0 Å². The second-order valence-electron chi connectivity index (χ2n) is 6.26. The number of rotatable bonds is 7. The monoisotopic (exact) mass is 374 g/mol. The lowest BCUT2D eigenvalue weighted by atomic mass is 10.1. The van der Waals surface area contributed by atoms with Crippen molar-refractivity contribution in [1.29, 1.82) is 0 Å². The Bertz CT molecular complexity index is 747. The molecular weight excluding hydrogens is 352 g/mol. The quantitative estimate of drug-likeness (QED) is 0.753. The van der Waals surface area contributed by atoms with Gasteiger partial charge in [0.2, 0.25) is 5.91 Å². The number of ketones is 1. The third-order valence-corrected chi connectivity index (χ3v) is 5.27. The van der Waals surface area contributed by atoms with E-state index in [1.807, 2.05) is 23.6 Å². The first-order valence-corrected chi connectivity index (χ1v) is 9.47. The van der Waals surface area contributed by atoms with Crippen molar-refractivity contribution >= 4 is 23.0 Å². The van der Waals surface area contributed by atoms with Crippen molar-refractivity contribution in [2.45, 2.75) is 38.5 Å². The lowest BCUT2D eigenvalue weighted by Crippen LogP contribution is -2.50. The van der Waals surface area contributed by atoms with Gasteiger partial charge in [0.1, 0.15) is 6.10 Å². The van der Waals surface area contributed by atoms with E-state index in [2.05, 4.69) is 10.3 Å². The molecule has 138 valence electrons. The molecule has 0 aromatic carbocycles. The second kappa shape index (κ2) is 9.02. The lowest BCUT2D eigenvalue weighted by Gasteiger charge is -2.32. The molecule has 0 saturated carbocycles. The summed E-state index contributed by atoms with van der Waals surface area (Å²) in [6.07, 6.45) is 2.49. The van der Waals surface area contributed by atoms with E-state index in [1.54, 1.807) is 12.3 Å². The van der Waals surface area contributed by atoms with Gasteiger partial charge in [0.05, 0.1) is 36.2 Å². The van der Waals surface area contributed by atoms with Crippen molar-refractivity contribution in [3.8, 4) is 0 Å². The fourth-order valence-electron chi connectivity index (χ4n) is 2.81. The van der Waals surface area contributed by atoms with E-state index in [-0.39, 0.29) is 30.3 Å². The van der Waals surface area contributed by atoms with Gasteiger partial charge in [-0.15, -0.1) is 11.3 Å². The highest BCUT2D eigenvalue weighted by molar-refractivity contribution is 7.12. The molecule has 2 aromatic heterocycles. The molecule has 2 aromatic rings. The summed E-state index contributed by atoms with van der Waals surface area (Å²) in [5.41, 5.74) is 1.70. The van der Waals surface area contributed by atoms with Crippen LogP contribution in [0.1, 0.15) is 34.3 Å². The highest BCUT2D eigenvalue weighted by Crippen LogP contribution is 2.17. The van der Waals surface area contributed by atoms with E-state index in [0.29, 0.717) is 31.1 Å². The first-order valence-electron chi connectivity index (χ1n) is 8.59. The third-order valence-electron chi connectivity index (χ3n) is 4.19. The first kappa shape index (κ1) is 18.7. The fraction of sp³-hybridized carbons (Fsp3) is 0.421. The van der Waals surface area contributed by atoms with E-state index in [9.17, 15) is 9.59 Å². The SMILES string of the molecule is CC(=O)c1cc(CC(=O)N[C@@H]2CCOC[C@H]2OCc2ccccn2)cs1. The van der Waals surface area contributed by atoms with Gasteiger partial charge in [-0.1, -0.05) is 6.07 Å². The number of hydrogen-bond acceptors (Lipinski definition) is 6. The van der Waals surface area contributed by atoms with Gasteiger partial charge in [-0.2, -0.15) is 0 Å². The minimum absolute atomic E-state index is 0.0223. The molecule has 6 nitrogen and oxygen atoms in total. The van der Waals surface area contributed by atoms with Crippen LogP contribution < -0.4 is 5.32 Å². The predicted molar refractivity (Wildman–Crippen MR) is 98.2 cm³/mol. The number of carbonyl (C=O) groups excluding carboxylic acids is 2. The second-order valence-corrected chi connectivity index (χ2v) is 7.17. The Morgan fingerprint density at radius 3 is 3.04 bits per heavy atom. The summed E-state index contributed by atoms with van der Waals surface area (Å²) in [4.78, 5) is 28.7. The van der Waals surface area contributed by atoms with E-state index < -0.39 is 0 Å². The van der Waals surface area contributed by atoms with Crippen molar-refractivity contribution in [3.63, 3.8) is 0 Å². The predicted octanol–water partition coefficient (Wildman–Crippen LogP) is 2.38. The molecule has 1 fully saturated rings. The van der Waals surface area contributed by atoms with E-state index in [0.717, 1.165) is 11.3 Å². The van der Waals surface area contributed by atoms with Crippen molar-refractivity contribution in [2.24, 2.45) is 0 Å². The molecule has 3 rings (SSSR count). The van der Waals surface area contributed by atoms with Gasteiger partial charge < -0.3 is 14.8 Å². The van der Waals surface area contributed by atoms with Gasteiger partial charge in [-0.25, -0.2) is 0 Å². The van der Waals surface area contributed by atoms with Crippen LogP contribution in [-0.2, 0) is 27.3 Å². The van der Waals surface area contributed by atoms with Crippen LogP contribution in [0.15, 0.2) is 35.8 Å². The number of pyridine rings is 1. The Morgan fingerprint density at radius 1 is 1.42 bits per heavy atom. The lowest BCUT2D eigenvalue weighted by molar-refractivity contribution is -0.126. The maximum Gasteiger partial charge on any atom is 0.224 e. The molecule has 26 heavy (non-hydrogen) atoms. The maximum atomic E-state index is 12.4. The van der Waals surface area contributed by atoms with Gasteiger partial charge in [0.25, 0.3) is 0 Å². The minimum Gasteiger partial charge on any atom is -0.379 e. The Morgan fingerprint density at radius 2 is 2.31 bits per heavy atom. The van der Waals surface area contributed by atoms with Crippen LogP contribution in [-0.4, -0.2) is 42.0 Å². The van der Waals surface area contributed by atoms with E-state index in [4.69, 9.17) is 9.47 Å². The number of nitrogens with one attached hydrogen (secondary N) is 1. The van der Waals surface area contributed by atoms with Crippen LogP contribution in [0, 0.1) is 0 Å². The van der Waals surface area contributed by atoms with E-state index in [1.165, 1.54) is 18.3 Å². The van der Waals surface area contributed by atoms with Crippen molar-refractivity contribution in [2.75, 3.05) is 13.2 Å². The Labute approximate surface area is 156 Å². The first-order chi connectivity index (χ1) is 12.6. The van der Waals surface area contributed by atoms with Crippen molar-refractivity contribution < 1.29 is 19.1 Å². The molecule has 0 spiro atoms. The molecule has 7 heteroatoms. The summed E-state index contributed by atoms with van der Waals surface area (Å²) < 4.78 is 11.4. The minimum atomic E-state index is -0.204. The molecule has 0 unspecified atom stereocenters. The Kier molecular flexibility index (Phi) is 6.49. The zero-order chi connectivity index (χ0) is 18.4. The molecule has 0 bridgehead atoms. The molecule has 2 atom stereocenters. The summed E-state index contributed by atoms with van der Waals surface area (Å²) in [6.45, 7) is 2.96. The summed E-state index contributed by atoms with van der Waals surface area (Å²) in [5, 5.41) is 4.90. The Balaban J connectivity index is 1.53. The maximum absolute atomic E-state index is 12.4. The average Bonchev–Trinajstić information content (AvgIpc) is 3.10. The molecule has 0 radical (unpaired) electrons. The number of hydrogen-bond donors (Lipinski definition) is 1. The van der Waals surface area contributed by atoms with Gasteiger partial charge in [0, 0.05) is 12.8 Å². The summed E-state index contributed by atoms with van der Waals surface area (Å²) in [5.74, 6) is -0.0506. The van der Waals surface area contributed by atoms with Crippen LogP contribution in [0.2, 0.25) is 0 Å². The van der Waals surface area contributed by atoms with Gasteiger partial charge in [-0.3, -0.25) is 14.6 Å². The summed E-state index contributed by atoms with van der Waals surface area (Å²) in [7, 11) is 0. The van der Waals surface area contributed by atoms with Crippen LogP contribution in [0.4, 0.5) is 0 Å². The van der Waals surface area contributed by atoms with Crippen LogP contribution >= 0.6 is 11.3 Å². The zero-order valence-corrected chi connectivity index (χ0v) is 15.5. The third kappa shape index (κ3) is 5.20. The largest absolute Gasteiger partial charge is 0.379 e. The number of nitrogens with zero attached hydrogens (tertiary/aromatic N) is 1. The molecule has 1 aliphatic heterocycles. The van der Waals surface area contributed by atoms with Crippen molar-refractivity contribution in [1.82, 2.24) is 10.3 Å². The number of carbonyl (C=O) groups is 2. The van der Waals surface area contributed by atoms with Crippen LogP contribution in [0.25, 0.3) is 0 Å². The van der Waals surface area contributed by atoms with Gasteiger partial charge >= 0.3 is 0 Å². The molecule has 1 aliphatic rings. The van der Waals surface area contributed by atoms with Gasteiger partial charge in [-0.05, 0) is 42.5 Å². The molecular formula is C19H22N2O4S. The molecule has 1 N–H and O–H groups in total. The highest BCUT2D eigenvalue weighted by Gasteiger charge is 2.28. The number of Topliss-reactive ketones (excluding diaryl/α,β-unsaturated/α-hetero) is 1. The highest BCUT2D eigenvalue weighted by atomic mass is 32.1. The van der Waals surface area contributed by atoms with E-state index >= 15 is 0 Å². The Hall–Kier alpha value is -2.09. The summed E-state index contributed by atoms with van der Waals surface area (Å²) >= 11 is 1.37. The molecule has 3 heterocycles. The number of aromatic nitrogens is 1.